The van der Waals surface area contributed by atoms with Crippen LogP contribution in [-0.4, -0.2) is 23.1 Å². The Morgan fingerprint density at radius 1 is 1.39 bits per heavy atom. The molecule has 3 heteroatoms. The van der Waals surface area contributed by atoms with Crippen LogP contribution < -0.4 is 0 Å². The molecule has 0 spiro atoms. The summed E-state index contributed by atoms with van der Waals surface area (Å²) in [4.78, 5) is 2.44. The Hall–Kier alpha value is -0.540. The fourth-order valence-electron chi connectivity index (χ4n) is 2.60. The van der Waals surface area contributed by atoms with E-state index in [0.717, 1.165) is 35.6 Å². The van der Waals surface area contributed by atoms with Gasteiger partial charge in [-0.25, -0.2) is 0 Å². The standard InChI is InChI=1S/C15H22BrNO/c1-15(2,3)12-6-7-17(10-12)9-11-8-13(16)4-5-14(11)18/h4-5,8,12,18H,6-7,9-10H2,1-3H3. The summed E-state index contributed by atoms with van der Waals surface area (Å²) in [6.45, 7) is 10.1. The minimum atomic E-state index is 0.383. The first-order valence-corrected chi connectivity index (χ1v) is 7.35. The van der Waals surface area contributed by atoms with E-state index in [0.29, 0.717) is 11.2 Å². The molecule has 1 aliphatic heterocycles. The second-order valence-corrected chi connectivity index (χ2v) is 7.28. The maximum Gasteiger partial charge on any atom is 0.120 e. The first-order chi connectivity index (χ1) is 8.36. The first-order valence-electron chi connectivity index (χ1n) is 6.56. The lowest BCUT2D eigenvalue weighted by Crippen LogP contribution is -2.25. The highest BCUT2D eigenvalue weighted by Gasteiger charge is 2.31. The lowest BCUT2D eigenvalue weighted by atomic mass is 9.80. The van der Waals surface area contributed by atoms with Crippen molar-refractivity contribution in [1.82, 2.24) is 4.90 Å². The summed E-state index contributed by atoms with van der Waals surface area (Å²) in [7, 11) is 0. The zero-order valence-corrected chi connectivity index (χ0v) is 13.0. The molecular formula is C15H22BrNO. The summed E-state index contributed by atoms with van der Waals surface area (Å²) < 4.78 is 1.03. The predicted molar refractivity (Wildman–Crippen MR) is 78.6 cm³/mol. The summed E-state index contributed by atoms with van der Waals surface area (Å²) >= 11 is 3.46. The lowest BCUT2D eigenvalue weighted by molar-refractivity contribution is 0.225. The van der Waals surface area contributed by atoms with E-state index in [2.05, 4.69) is 41.6 Å². The van der Waals surface area contributed by atoms with E-state index in [-0.39, 0.29) is 0 Å². The highest BCUT2D eigenvalue weighted by Crippen LogP contribution is 2.34. The predicted octanol–water partition coefficient (Wildman–Crippen LogP) is 4.02. The van der Waals surface area contributed by atoms with Gasteiger partial charge in [-0.05, 0) is 42.5 Å². The van der Waals surface area contributed by atoms with Gasteiger partial charge in [0.15, 0.2) is 0 Å². The fraction of sp³-hybridized carbons (Fsp3) is 0.600. The van der Waals surface area contributed by atoms with Gasteiger partial charge in [-0.3, -0.25) is 4.90 Å². The Morgan fingerprint density at radius 2 is 2.11 bits per heavy atom. The van der Waals surface area contributed by atoms with Crippen LogP contribution in [0.4, 0.5) is 0 Å². The van der Waals surface area contributed by atoms with Gasteiger partial charge in [0, 0.05) is 23.1 Å². The van der Waals surface area contributed by atoms with E-state index in [9.17, 15) is 5.11 Å². The summed E-state index contributed by atoms with van der Waals surface area (Å²) in [5, 5.41) is 9.87. The van der Waals surface area contributed by atoms with Gasteiger partial charge in [-0.1, -0.05) is 36.7 Å². The van der Waals surface area contributed by atoms with Crippen molar-refractivity contribution in [3.05, 3.63) is 28.2 Å². The summed E-state index contributed by atoms with van der Waals surface area (Å²) in [6.07, 6.45) is 1.26. The van der Waals surface area contributed by atoms with Gasteiger partial charge in [0.2, 0.25) is 0 Å². The molecule has 1 N–H and O–H groups in total. The van der Waals surface area contributed by atoms with Crippen molar-refractivity contribution in [2.75, 3.05) is 13.1 Å². The number of aromatic hydroxyl groups is 1. The number of likely N-dealkylation sites (tertiary alicyclic amines) is 1. The van der Waals surface area contributed by atoms with Crippen molar-refractivity contribution < 1.29 is 5.11 Å². The van der Waals surface area contributed by atoms with E-state index in [1.807, 2.05) is 12.1 Å². The molecular weight excluding hydrogens is 290 g/mol. The topological polar surface area (TPSA) is 23.5 Å². The molecule has 1 fully saturated rings. The molecule has 18 heavy (non-hydrogen) atoms. The van der Waals surface area contributed by atoms with Crippen molar-refractivity contribution in [3.63, 3.8) is 0 Å². The molecule has 1 aliphatic rings. The monoisotopic (exact) mass is 311 g/mol. The van der Waals surface area contributed by atoms with E-state index in [1.165, 1.54) is 6.42 Å². The quantitative estimate of drug-likeness (QED) is 0.891. The highest BCUT2D eigenvalue weighted by atomic mass is 79.9. The number of nitrogens with zero attached hydrogens (tertiary/aromatic N) is 1. The zero-order valence-electron chi connectivity index (χ0n) is 11.4. The number of halogens is 1. The normalized spacial score (nSPS) is 21.4. The molecule has 0 bridgehead atoms. The van der Waals surface area contributed by atoms with Gasteiger partial charge in [-0.15, -0.1) is 0 Å². The zero-order chi connectivity index (χ0) is 13.3. The number of hydrogen-bond donors (Lipinski definition) is 1. The van der Waals surface area contributed by atoms with E-state index >= 15 is 0 Å². The maximum atomic E-state index is 9.87. The van der Waals surface area contributed by atoms with Crippen molar-refractivity contribution in [3.8, 4) is 5.75 Å². The summed E-state index contributed by atoms with van der Waals surface area (Å²) in [6, 6.07) is 5.65. The SMILES string of the molecule is CC(C)(C)C1CCN(Cc2cc(Br)ccc2O)C1. The molecule has 100 valence electrons. The van der Waals surface area contributed by atoms with Gasteiger partial charge in [0.05, 0.1) is 0 Å². The average molecular weight is 312 g/mol. The molecule has 2 nitrogen and oxygen atoms in total. The van der Waals surface area contributed by atoms with Gasteiger partial charge >= 0.3 is 0 Å². The Balaban J connectivity index is 2.01. The number of rotatable bonds is 2. The Kier molecular flexibility index (Phi) is 4.02. The number of phenols is 1. The molecule has 1 saturated heterocycles. The maximum absolute atomic E-state index is 9.87. The molecule has 0 aliphatic carbocycles. The van der Waals surface area contributed by atoms with Gasteiger partial charge in [0.25, 0.3) is 0 Å². The van der Waals surface area contributed by atoms with Crippen LogP contribution in [0.25, 0.3) is 0 Å². The highest BCUT2D eigenvalue weighted by molar-refractivity contribution is 9.10. The minimum absolute atomic E-state index is 0.383. The summed E-state index contributed by atoms with van der Waals surface area (Å²) in [5.74, 6) is 1.16. The van der Waals surface area contributed by atoms with Crippen LogP contribution in [0.1, 0.15) is 32.8 Å². The van der Waals surface area contributed by atoms with Crippen LogP contribution >= 0.6 is 15.9 Å². The third kappa shape index (κ3) is 3.27. The van der Waals surface area contributed by atoms with Crippen LogP contribution in [0.5, 0.6) is 5.75 Å². The lowest BCUT2D eigenvalue weighted by Gasteiger charge is -2.27. The molecule has 1 aromatic carbocycles. The Morgan fingerprint density at radius 3 is 2.72 bits per heavy atom. The second-order valence-electron chi connectivity index (χ2n) is 6.36. The van der Waals surface area contributed by atoms with Gasteiger partial charge in [0.1, 0.15) is 5.75 Å². The third-order valence-electron chi connectivity index (χ3n) is 3.93. The van der Waals surface area contributed by atoms with Crippen LogP contribution in [0, 0.1) is 11.3 Å². The van der Waals surface area contributed by atoms with E-state index in [4.69, 9.17) is 0 Å². The molecule has 2 rings (SSSR count). The molecule has 0 saturated carbocycles. The van der Waals surface area contributed by atoms with Crippen LogP contribution in [-0.2, 0) is 6.54 Å². The molecule has 0 aromatic heterocycles. The Bertz CT molecular complexity index is 425. The van der Waals surface area contributed by atoms with Gasteiger partial charge in [-0.2, -0.15) is 0 Å². The van der Waals surface area contributed by atoms with Crippen LogP contribution in [0.2, 0.25) is 0 Å². The number of hydrogen-bond acceptors (Lipinski definition) is 2. The molecule has 0 radical (unpaired) electrons. The van der Waals surface area contributed by atoms with Gasteiger partial charge < -0.3 is 5.11 Å². The third-order valence-corrected chi connectivity index (χ3v) is 4.43. The molecule has 1 unspecified atom stereocenters. The van der Waals surface area contributed by atoms with Crippen molar-refractivity contribution >= 4 is 15.9 Å². The van der Waals surface area contributed by atoms with Crippen molar-refractivity contribution in [2.45, 2.75) is 33.7 Å². The molecule has 1 atom stereocenters. The fourth-order valence-corrected chi connectivity index (χ4v) is 3.01. The molecule has 1 heterocycles. The number of phenolic OH excluding ortho intramolecular Hbond substituents is 1. The largest absolute Gasteiger partial charge is 0.508 e. The molecule has 1 aromatic rings. The van der Waals surface area contributed by atoms with Crippen LogP contribution in [0.15, 0.2) is 22.7 Å². The average Bonchev–Trinajstić information content (AvgIpc) is 2.71. The van der Waals surface area contributed by atoms with E-state index < -0.39 is 0 Å². The minimum Gasteiger partial charge on any atom is -0.508 e. The number of benzene rings is 1. The smallest absolute Gasteiger partial charge is 0.120 e. The van der Waals surface area contributed by atoms with E-state index in [1.54, 1.807) is 6.07 Å². The van der Waals surface area contributed by atoms with Crippen molar-refractivity contribution in [2.24, 2.45) is 11.3 Å². The first kappa shape index (κ1) is 13.9. The second kappa shape index (κ2) is 5.22. The molecule has 0 amide bonds. The van der Waals surface area contributed by atoms with Crippen molar-refractivity contribution in [1.29, 1.82) is 0 Å². The van der Waals surface area contributed by atoms with Crippen LogP contribution in [0.3, 0.4) is 0 Å². The summed E-state index contributed by atoms with van der Waals surface area (Å²) in [5.41, 5.74) is 1.40. The Labute approximate surface area is 118 Å².